The molecule has 1 saturated heterocycles. The third-order valence-electron chi connectivity index (χ3n) is 2.72. The van der Waals surface area contributed by atoms with Gasteiger partial charge in [-0.15, -0.1) is 0 Å². The van der Waals surface area contributed by atoms with Crippen molar-refractivity contribution in [2.75, 3.05) is 4.90 Å². The third-order valence-corrected chi connectivity index (χ3v) is 3.35. The molecular formula is C12H12BrNO2. The van der Waals surface area contributed by atoms with E-state index in [0.29, 0.717) is 12.1 Å². The number of benzene rings is 1. The molecule has 1 heterocycles. The Morgan fingerprint density at radius 1 is 1.38 bits per heavy atom. The fraction of sp³-hybridized carbons (Fsp3) is 0.333. The maximum Gasteiger partial charge on any atom is 0.237 e. The second-order valence-corrected chi connectivity index (χ2v) is 4.98. The van der Waals surface area contributed by atoms with Crippen LogP contribution in [-0.2, 0) is 9.59 Å². The zero-order valence-corrected chi connectivity index (χ0v) is 10.7. The van der Waals surface area contributed by atoms with Gasteiger partial charge in [-0.25, -0.2) is 4.90 Å². The van der Waals surface area contributed by atoms with Gasteiger partial charge in [0.25, 0.3) is 0 Å². The predicted octanol–water partition coefficient (Wildman–Crippen LogP) is 2.66. The van der Waals surface area contributed by atoms with Gasteiger partial charge in [-0.3, -0.25) is 9.59 Å². The summed E-state index contributed by atoms with van der Waals surface area (Å²) in [4.78, 5) is 24.8. The highest BCUT2D eigenvalue weighted by Gasteiger charge is 2.37. The van der Waals surface area contributed by atoms with Crippen LogP contribution in [-0.4, -0.2) is 11.8 Å². The number of hydrogen-bond acceptors (Lipinski definition) is 2. The third kappa shape index (κ3) is 1.78. The van der Waals surface area contributed by atoms with Crippen molar-refractivity contribution in [2.24, 2.45) is 5.92 Å². The van der Waals surface area contributed by atoms with Crippen molar-refractivity contribution in [2.45, 2.75) is 20.3 Å². The molecule has 0 aliphatic carbocycles. The first-order chi connectivity index (χ1) is 7.50. The zero-order chi connectivity index (χ0) is 11.9. The van der Waals surface area contributed by atoms with E-state index in [1.807, 2.05) is 19.1 Å². The first-order valence-electron chi connectivity index (χ1n) is 5.13. The summed E-state index contributed by atoms with van der Waals surface area (Å²) in [5.74, 6) is -0.447. The fourth-order valence-electron chi connectivity index (χ4n) is 1.83. The summed E-state index contributed by atoms with van der Waals surface area (Å²) in [5, 5.41) is 0. The summed E-state index contributed by atoms with van der Waals surface area (Å²) in [6.45, 7) is 3.74. The van der Waals surface area contributed by atoms with E-state index in [9.17, 15) is 9.59 Å². The number of hydrogen-bond donors (Lipinski definition) is 0. The number of carbonyl (C=O) groups is 2. The molecule has 3 nitrogen and oxygen atoms in total. The van der Waals surface area contributed by atoms with Crippen molar-refractivity contribution in [1.82, 2.24) is 0 Å². The fourth-order valence-corrected chi connectivity index (χ4v) is 2.50. The van der Waals surface area contributed by atoms with E-state index >= 15 is 0 Å². The minimum Gasteiger partial charge on any atom is -0.274 e. The molecule has 1 aliphatic heterocycles. The van der Waals surface area contributed by atoms with Gasteiger partial charge in [0, 0.05) is 16.8 Å². The Balaban J connectivity index is 2.45. The van der Waals surface area contributed by atoms with Crippen molar-refractivity contribution >= 4 is 33.4 Å². The molecule has 1 aromatic rings. The summed E-state index contributed by atoms with van der Waals surface area (Å²) < 4.78 is 0.781. The monoisotopic (exact) mass is 281 g/mol. The lowest BCUT2D eigenvalue weighted by atomic mass is 10.1. The first-order valence-corrected chi connectivity index (χ1v) is 5.93. The van der Waals surface area contributed by atoms with E-state index in [0.717, 1.165) is 10.0 Å². The second kappa shape index (κ2) is 4.01. The Labute approximate surface area is 103 Å². The maximum atomic E-state index is 11.8. The molecule has 1 aliphatic rings. The van der Waals surface area contributed by atoms with Crippen molar-refractivity contribution in [3.63, 3.8) is 0 Å². The molecule has 1 atom stereocenters. The van der Waals surface area contributed by atoms with Gasteiger partial charge in [-0.2, -0.15) is 0 Å². The molecule has 0 bridgehead atoms. The lowest BCUT2D eigenvalue weighted by Crippen LogP contribution is -2.30. The van der Waals surface area contributed by atoms with Crippen LogP contribution >= 0.6 is 15.9 Å². The van der Waals surface area contributed by atoms with E-state index in [4.69, 9.17) is 0 Å². The van der Waals surface area contributed by atoms with Gasteiger partial charge in [-0.05, 0) is 40.5 Å². The van der Waals surface area contributed by atoms with Crippen molar-refractivity contribution in [3.05, 3.63) is 28.2 Å². The predicted molar refractivity (Wildman–Crippen MR) is 65.2 cm³/mol. The van der Waals surface area contributed by atoms with E-state index < -0.39 is 0 Å². The standard InChI is InChI=1S/C12H12BrNO2/c1-7-3-4-10(9(13)5-7)14-11(15)6-8(2)12(14)16/h3-5,8H,6H2,1-2H3. The number of anilines is 1. The van der Waals surface area contributed by atoms with Gasteiger partial charge in [0.15, 0.2) is 0 Å². The van der Waals surface area contributed by atoms with E-state index in [1.165, 1.54) is 4.90 Å². The molecule has 84 valence electrons. The van der Waals surface area contributed by atoms with Gasteiger partial charge in [0.2, 0.25) is 11.8 Å². The summed E-state index contributed by atoms with van der Waals surface area (Å²) in [7, 11) is 0. The van der Waals surface area contributed by atoms with Gasteiger partial charge in [0.1, 0.15) is 0 Å². The van der Waals surface area contributed by atoms with Gasteiger partial charge in [-0.1, -0.05) is 13.0 Å². The molecule has 0 spiro atoms. The maximum absolute atomic E-state index is 11.8. The average Bonchev–Trinajstić information content (AvgIpc) is 2.43. The molecular weight excluding hydrogens is 270 g/mol. The molecule has 1 unspecified atom stereocenters. The largest absolute Gasteiger partial charge is 0.274 e. The minimum atomic E-state index is -0.208. The number of aryl methyl sites for hydroxylation is 1. The molecule has 2 amide bonds. The molecule has 16 heavy (non-hydrogen) atoms. The molecule has 2 rings (SSSR count). The Bertz CT molecular complexity index is 470. The highest BCUT2D eigenvalue weighted by molar-refractivity contribution is 9.10. The van der Waals surface area contributed by atoms with E-state index in [-0.39, 0.29) is 17.7 Å². The van der Waals surface area contributed by atoms with E-state index in [2.05, 4.69) is 15.9 Å². The van der Waals surface area contributed by atoms with Gasteiger partial charge < -0.3 is 0 Å². The van der Waals surface area contributed by atoms with Crippen LogP contribution in [0.25, 0.3) is 0 Å². The summed E-state index contributed by atoms with van der Waals surface area (Å²) in [6, 6.07) is 5.59. The van der Waals surface area contributed by atoms with Crippen LogP contribution in [0.4, 0.5) is 5.69 Å². The number of rotatable bonds is 1. The second-order valence-electron chi connectivity index (χ2n) is 4.13. The number of carbonyl (C=O) groups excluding carboxylic acids is 2. The smallest absolute Gasteiger partial charge is 0.237 e. The van der Waals surface area contributed by atoms with Crippen molar-refractivity contribution in [1.29, 1.82) is 0 Å². The SMILES string of the molecule is Cc1ccc(N2C(=O)CC(C)C2=O)c(Br)c1. The van der Waals surface area contributed by atoms with Crippen LogP contribution in [0.3, 0.4) is 0 Å². The summed E-state index contributed by atoms with van der Waals surface area (Å²) in [6.07, 6.45) is 0.305. The quantitative estimate of drug-likeness (QED) is 0.743. The zero-order valence-electron chi connectivity index (χ0n) is 9.16. The Morgan fingerprint density at radius 3 is 2.56 bits per heavy atom. The van der Waals surface area contributed by atoms with Crippen LogP contribution in [0, 0.1) is 12.8 Å². The topological polar surface area (TPSA) is 37.4 Å². The number of amides is 2. The lowest BCUT2D eigenvalue weighted by molar-refractivity contribution is -0.122. The molecule has 0 radical (unpaired) electrons. The number of nitrogens with zero attached hydrogens (tertiary/aromatic N) is 1. The molecule has 0 N–H and O–H groups in total. The van der Waals surface area contributed by atoms with Crippen LogP contribution in [0.5, 0.6) is 0 Å². The van der Waals surface area contributed by atoms with Crippen molar-refractivity contribution in [3.8, 4) is 0 Å². The summed E-state index contributed by atoms with van der Waals surface area (Å²) in [5.41, 5.74) is 1.73. The molecule has 0 saturated carbocycles. The molecule has 1 fully saturated rings. The number of halogens is 1. The van der Waals surface area contributed by atoms with Gasteiger partial charge >= 0.3 is 0 Å². The van der Waals surface area contributed by atoms with E-state index in [1.54, 1.807) is 13.0 Å². The van der Waals surface area contributed by atoms with Crippen molar-refractivity contribution < 1.29 is 9.59 Å². The average molecular weight is 282 g/mol. The molecule has 4 heteroatoms. The first kappa shape index (κ1) is 11.3. The minimum absolute atomic E-state index is 0.116. The lowest BCUT2D eigenvalue weighted by Gasteiger charge is -2.16. The van der Waals surface area contributed by atoms with Crippen LogP contribution in [0.1, 0.15) is 18.9 Å². The Hall–Kier alpha value is -1.16. The Morgan fingerprint density at radius 2 is 2.06 bits per heavy atom. The van der Waals surface area contributed by atoms with Crippen LogP contribution < -0.4 is 4.90 Å². The highest BCUT2D eigenvalue weighted by atomic mass is 79.9. The summed E-state index contributed by atoms with van der Waals surface area (Å²) >= 11 is 3.39. The number of imide groups is 1. The van der Waals surface area contributed by atoms with Crippen LogP contribution in [0.15, 0.2) is 22.7 Å². The molecule has 1 aromatic carbocycles. The Kier molecular flexibility index (Phi) is 2.84. The normalized spacial score (nSPS) is 20.7. The highest BCUT2D eigenvalue weighted by Crippen LogP contribution is 2.32. The van der Waals surface area contributed by atoms with Gasteiger partial charge in [0.05, 0.1) is 5.69 Å². The van der Waals surface area contributed by atoms with Crippen LogP contribution in [0.2, 0.25) is 0 Å². The molecule has 0 aromatic heterocycles.